The minimum Gasteiger partial charge on any atom is -0.338 e. The second-order valence-corrected chi connectivity index (χ2v) is 5.87. The number of hydrogen-bond donors (Lipinski definition) is 0. The molecular formula is C13H22N2O. The highest BCUT2D eigenvalue weighted by Gasteiger charge is 2.51. The molecule has 0 bridgehead atoms. The van der Waals surface area contributed by atoms with Crippen LogP contribution in [0.15, 0.2) is 12.2 Å². The lowest BCUT2D eigenvalue weighted by Gasteiger charge is -2.58. The number of nitrogens with zero attached hydrogens (tertiary/aromatic N) is 2. The van der Waals surface area contributed by atoms with Crippen LogP contribution < -0.4 is 0 Å². The molecule has 3 heteroatoms. The molecule has 1 spiro atoms. The van der Waals surface area contributed by atoms with Crippen molar-refractivity contribution in [2.75, 3.05) is 33.7 Å². The fraction of sp³-hybridized carbons (Fsp3) is 0.769. The molecule has 2 rings (SSSR count). The van der Waals surface area contributed by atoms with Crippen LogP contribution in [-0.2, 0) is 4.79 Å². The quantitative estimate of drug-likeness (QED) is 0.673. The van der Waals surface area contributed by atoms with Crippen molar-refractivity contribution in [3.8, 4) is 0 Å². The molecule has 1 aliphatic heterocycles. The van der Waals surface area contributed by atoms with Gasteiger partial charge in [-0.1, -0.05) is 13.0 Å². The van der Waals surface area contributed by atoms with Crippen LogP contribution in [0, 0.1) is 11.3 Å². The van der Waals surface area contributed by atoms with Gasteiger partial charge in [-0.25, -0.2) is 0 Å². The van der Waals surface area contributed by atoms with Gasteiger partial charge < -0.3 is 9.80 Å². The van der Waals surface area contributed by atoms with Gasteiger partial charge in [0.1, 0.15) is 0 Å². The Labute approximate surface area is 98.1 Å². The van der Waals surface area contributed by atoms with E-state index >= 15 is 0 Å². The Balaban J connectivity index is 1.71. The van der Waals surface area contributed by atoms with Crippen molar-refractivity contribution < 1.29 is 4.79 Å². The predicted octanol–water partition coefficient (Wildman–Crippen LogP) is 1.36. The van der Waals surface area contributed by atoms with E-state index in [9.17, 15) is 4.79 Å². The molecule has 0 N–H and O–H groups in total. The van der Waals surface area contributed by atoms with E-state index in [1.807, 2.05) is 25.1 Å². The van der Waals surface area contributed by atoms with E-state index in [-0.39, 0.29) is 5.91 Å². The molecule has 1 aliphatic carbocycles. The van der Waals surface area contributed by atoms with E-state index in [0.29, 0.717) is 5.41 Å². The van der Waals surface area contributed by atoms with Crippen molar-refractivity contribution >= 4 is 5.91 Å². The Hall–Kier alpha value is -0.830. The monoisotopic (exact) mass is 222 g/mol. The van der Waals surface area contributed by atoms with Crippen molar-refractivity contribution in [2.45, 2.75) is 19.8 Å². The highest BCUT2D eigenvalue weighted by molar-refractivity contribution is 5.88. The molecular weight excluding hydrogens is 200 g/mol. The van der Waals surface area contributed by atoms with Crippen LogP contribution >= 0.6 is 0 Å². The third kappa shape index (κ3) is 2.29. The van der Waals surface area contributed by atoms with Gasteiger partial charge in [0.25, 0.3) is 0 Å². The average molecular weight is 222 g/mol. The van der Waals surface area contributed by atoms with Crippen molar-refractivity contribution in [3.05, 3.63) is 12.2 Å². The van der Waals surface area contributed by atoms with Crippen LogP contribution in [0.3, 0.4) is 0 Å². The summed E-state index contributed by atoms with van der Waals surface area (Å²) in [6, 6.07) is 0. The second kappa shape index (κ2) is 4.21. The first kappa shape index (κ1) is 11.6. The highest BCUT2D eigenvalue weighted by atomic mass is 16.2. The molecule has 2 fully saturated rings. The summed E-state index contributed by atoms with van der Waals surface area (Å²) >= 11 is 0. The van der Waals surface area contributed by atoms with E-state index in [1.165, 1.54) is 12.8 Å². The first-order chi connectivity index (χ1) is 7.51. The van der Waals surface area contributed by atoms with E-state index < -0.39 is 0 Å². The molecule has 2 aliphatic rings. The minimum absolute atomic E-state index is 0.187. The van der Waals surface area contributed by atoms with Crippen LogP contribution in [0.5, 0.6) is 0 Å². The molecule has 90 valence electrons. The summed E-state index contributed by atoms with van der Waals surface area (Å²) in [4.78, 5) is 15.8. The molecule has 0 aromatic carbocycles. The molecule has 3 nitrogen and oxygen atoms in total. The Morgan fingerprint density at radius 2 is 2.06 bits per heavy atom. The Morgan fingerprint density at radius 3 is 2.56 bits per heavy atom. The zero-order chi connectivity index (χ0) is 11.8. The lowest BCUT2D eigenvalue weighted by Crippen LogP contribution is -2.63. The topological polar surface area (TPSA) is 23.6 Å². The van der Waals surface area contributed by atoms with Gasteiger partial charge >= 0.3 is 0 Å². The van der Waals surface area contributed by atoms with E-state index in [1.54, 1.807) is 6.08 Å². The maximum Gasteiger partial charge on any atom is 0.246 e. The number of carbonyl (C=O) groups excluding carboxylic acids is 1. The standard InChI is InChI=1S/C13H22N2O/c1-11-7-13(8-11)9-15(10-13)12(16)5-4-6-14(2)3/h4-5,11H,6-10H2,1-3H3/b5-4+. The number of hydrogen-bond acceptors (Lipinski definition) is 2. The molecule has 16 heavy (non-hydrogen) atoms. The fourth-order valence-corrected chi connectivity index (χ4v) is 3.07. The second-order valence-electron chi connectivity index (χ2n) is 5.87. The third-order valence-electron chi connectivity index (χ3n) is 3.66. The molecule has 1 amide bonds. The number of carbonyl (C=O) groups is 1. The molecule has 0 unspecified atom stereocenters. The van der Waals surface area contributed by atoms with Crippen molar-refractivity contribution in [3.63, 3.8) is 0 Å². The smallest absolute Gasteiger partial charge is 0.246 e. The van der Waals surface area contributed by atoms with E-state index in [2.05, 4.69) is 11.8 Å². The van der Waals surface area contributed by atoms with Crippen LogP contribution in [-0.4, -0.2) is 49.4 Å². The van der Waals surface area contributed by atoms with Gasteiger partial charge in [0.15, 0.2) is 0 Å². The third-order valence-corrected chi connectivity index (χ3v) is 3.66. The Bertz CT molecular complexity index is 295. The molecule has 1 saturated carbocycles. The average Bonchev–Trinajstić information content (AvgIpc) is 2.07. The SMILES string of the molecule is CC1CC2(C1)CN(C(=O)/C=C/CN(C)C)C2. The maximum absolute atomic E-state index is 11.7. The van der Waals surface area contributed by atoms with Crippen molar-refractivity contribution in [2.24, 2.45) is 11.3 Å². The largest absolute Gasteiger partial charge is 0.338 e. The van der Waals surface area contributed by atoms with Crippen LogP contribution in [0.1, 0.15) is 19.8 Å². The van der Waals surface area contributed by atoms with Gasteiger partial charge in [-0.2, -0.15) is 0 Å². The summed E-state index contributed by atoms with van der Waals surface area (Å²) in [5, 5.41) is 0. The van der Waals surface area contributed by atoms with Gasteiger partial charge in [-0.05, 0) is 32.9 Å². The molecule has 1 heterocycles. The molecule has 0 radical (unpaired) electrons. The predicted molar refractivity (Wildman–Crippen MR) is 65.1 cm³/mol. The lowest BCUT2D eigenvalue weighted by molar-refractivity contribution is -0.148. The van der Waals surface area contributed by atoms with Crippen LogP contribution in [0.2, 0.25) is 0 Å². The zero-order valence-corrected chi connectivity index (χ0v) is 10.6. The summed E-state index contributed by atoms with van der Waals surface area (Å²) in [6.45, 7) is 5.11. The molecule has 0 aromatic rings. The number of rotatable bonds is 3. The summed E-state index contributed by atoms with van der Waals surface area (Å²) in [5.41, 5.74) is 0.518. The van der Waals surface area contributed by atoms with Gasteiger partial charge in [-0.15, -0.1) is 0 Å². The van der Waals surface area contributed by atoms with Gasteiger partial charge in [0.05, 0.1) is 0 Å². The number of likely N-dealkylation sites (tertiary alicyclic amines) is 1. The molecule has 0 aromatic heterocycles. The summed E-state index contributed by atoms with van der Waals surface area (Å²) in [7, 11) is 4.01. The lowest BCUT2D eigenvalue weighted by atomic mass is 9.58. The normalized spacial score (nSPS) is 23.9. The first-order valence-corrected chi connectivity index (χ1v) is 6.11. The molecule has 0 atom stereocenters. The highest BCUT2D eigenvalue weighted by Crippen LogP contribution is 2.51. The first-order valence-electron chi connectivity index (χ1n) is 6.11. The van der Waals surface area contributed by atoms with E-state index in [4.69, 9.17) is 0 Å². The summed E-state index contributed by atoms with van der Waals surface area (Å²) in [5.74, 6) is 1.06. The van der Waals surface area contributed by atoms with E-state index in [0.717, 1.165) is 25.6 Å². The number of likely N-dealkylation sites (N-methyl/N-ethyl adjacent to an activating group) is 1. The Kier molecular flexibility index (Phi) is 3.06. The molecule has 1 saturated heterocycles. The van der Waals surface area contributed by atoms with Crippen molar-refractivity contribution in [1.29, 1.82) is 0 Å². The van der Waals surface area contributed by atoms with Gasteiger partial charge in [-0.3, -0.25) is 4.79 Å². The zero-order valence-electron chi connectivity index (χ0n) is 10.6. The fourth-order valence-electron chi connectivity index (χ4n) is 3.07. The van der Waals surface area contributed by atoms with Crippen molar-refractivity contribution in [1.82, 2.24) is 9.80 Å². The summed E-state index contributed by atoms with van der Waals surface area (Å²) < 4.78 is 0. The van der Waals surface area contributed by atoms with Crippen LogP contribution in [0.4, 0.5) is 0 Å². The minimum atomic E-state index is 0.187. The number of amides is 1. The van der Waals surface area contributed by atoms with Gasteiger partial charge in [0.2, 0.25) is 5.91 Å². The maximum atomic E-state index is 11.7. The van der Waals surface area contributed by atoms with Crippen LogP contribution in [0.25, 0.3) is 0 Å². The Morgan fingerprint density at radius 1 is 1.44 bits per heavy atom. The summed E-state index contributed by atoms with van der Waals surface area (Å²) in [6.07, 6.45) is 6.29. The van der Waals surface area contributed by atoms with Gasteiger partial charge in [0, 0.05) is 31.1 Å².